The van der Waals surface area contributed by atoms with Gasteiger partial charge in [-0.25, -0.2) is 6.54 Å². The molecule has 28 heavy (non-hydrogen) atoms. The van der Waals surface area contributed by atoms with Crippen LogP contribution in [0.15, 0.2) is 36.4 Å². The van der Waals surface area contributed by atoms with Crippen LogP contribution < -0.4 is 4.90 Å². The van der Waals surface area contributed by atoms with E-state index < -0.39 is 13.5 Å². The van der Waals surface area contributed by atoms with Gasteiger partial charge >= 0.3 is 97.8 Å². The van der Waals surface area contributed by atoms with Gasteiger partial charge in [0.25, 0.3) is 0 Å². The minimum absolute atomic E-state index is 0.288. The smallest absolute Gasteiger partial charge is 0.0130 e. The summed E-state index contributed by atoms with van der Waals surface area (Å²) in [6.45, 7) is 14.2. The summed E-state index contributed by atoms with van der Waals surface area (Å²) < 4.78 is 6.41. The fraction of sp³-hybridized carbons (Fsp3) is 0.391. The average molecular weight is 509 g/mol. The number of hydrogen-bond acceptors (Lipinski definition) is 1. The molecular weight excluding hydrogens is 478 g/mol. The van der Waals surface area contributed by atoms with Crippen LogP contribution >= 0.6 is 19.4 Å². The fourth-order valence-corrected chi connectivity index (χ4v) is 5.30. The number of anilines is 1. The summed E-state index contributed by atoms with van der Waals surface area (Å²) >= 11 is -1.75. The molecule has 0 aliphatic carbocycles. The van der Waals surface area contributed by atoms with E-state index in [1.54, 1.807) is 0 Å². The molecule has 0 spiro atoms. The number of benzene rings is 2. The van der Waals surface area contributed by atoms with Gasteiger partial charge in [-0.3, -0.25) is 0 Å². The second kappa shape index (κ2) is 11.3. The van der Waals surface area contributed by atoms with Crippen LogP contribution in [-0.2, 0) is 13.5 Å². The van der Waals surface area contributed by atoms with Crippen molar-refractivity contribution in [1.82, 2.24) is 0 Å². The minimum Gasteiger partial charge on any atom is -0.522 e. The first-order chi connectivity index (χ1) is 13.3. The van der Waals surface area contributed by atoms with Crippen LogP contribution in [0, 0.1) is 27.3 Å². The Labute approximate surface area is 183 Å². The summed E-state index contributed by atoms with van der Waals surface area (Å²) in [5.74, 6) is 0.975. The Balaban J connectivity index is 0.000000200. The van der Waals surface area contributed by atoms with Crippen molar-refractivity contribution in [3.05, 3.63) is 65.2 Å². The molecule has 1 N–H and O–H groups in total. The van der Waals surface area contributed by atoms with E-state index in [4.69, 9.17) is 19.4 Å². The van der Waals surface area contributed by atoms with Gasteiger partial charge in [0.1, 0.15) is 0 Å². The van der Waals surface area contributed by atoms with Crippen LogP contribution in [0.25, 0.3) is 0 Å². The van der Waals surface area contributed by atoms with E-state index in [0.717, 1.165) is 11.3 Å². The molecule has 2 aromatic carbocycles. The number of ether oxygens (including phenoxy) is 1. The molecule has 1 fully saturated rings. The van der Waals surface area contributed by atoms with Crippen molar-refractivity contribution in [2.75, 3.05) is 11.4 Å². The molecule has 1 aliphatic rings. The van der Waals surface area contributed by atoms with Gasteiger partial charge in [0, 0.05) is 5.69 Å². The van der Waals surface area contributed by atoms with Gasteiger partial charge in [0.05, 0.1) is 0 Å². The minimum atomic E-state index is -1.75. The van der Waals surface area contributed by atoms with E-state index in [2.05, 4.69) is 49.1 Å². The van der Waals surface area contributed by atoms with Crippen molar-refractivity contribution in [1.29, 1.82) is 0 Å². The third-order valence-electron chi connectivity index (χ3n) is 4.40. The van der Waals surface area contributed by atoms with Crippen molar-refractivity contribution in [2.45, 2.75) is 53.6 Å². The first kappa shape index (κ1) is 23.4. The van der Waals surface area contributed by atoms with Crippen molar-refractivity contribution in [3.63, 3.8) is 0 Å². The number of aliphatic hydroxyl groups is 1. The van der Waals surface area contributed by atoms with E-state index in [-0.39, 0.29) is 6.10 Å². The quantitative estimate of drug-likeness (QED) is 0.252. The van der Waals surface area contributed by atoms with Crippen molar-refractivity contribution >= 4 is 29.7 Å². The Morgan fingerprint density at radius 3 is 2.29 bits per heavy atom. The zero-order valence-electron chi connectivity index (χ0n) is 17.3. The molecule has 0 saturated carbocycles. The van der Waals surface area contributed by atoms with Gasteiger partial charge in [-0.05, 0) is 38.4 Å². The largest absolute Gasteiger partial charge is 0.522 e. The molecule has 5 heteroatoms. The first-order valence-electron chi connectivity index (χ1n) is 9.58. The second-order valence-corrected chi connectivity index (χ2v) is 13.1. The van der Waals surface area contributed by atoms with E-state index in [1.165, 1.54) is 41.8 Å². The van der Waals surface area contributed by atoms with Crippen molar-refractivity contribution in [3.8, 4) is 5.75 Å². The number of rotatable bonds is 4. The van der Waals surface area contributed by atoms with E-state index in [1.807, 2.05) is 42.7 Å². The van der Waals surface area contributed by atoms with Crippen LogP contribution in [0.3, 0.4) is 0 Å². The van der Waals surface area contributed by atoms with Gasteiger partial charge in [-0.1, -0.05) is 24.1 Å². The summed E-state index contributed by atoms with van der Waals surface area (Å²) in [5, 5.41) is 0. The molecule has 0 radical (unpaired) electrons. The maximum Gasteiger partial charge on any atom is 0.0130 e. The SMILES string of the molecule is CC(C)[OH+]c1ccccc1[CH]=[Ru]([Cl])[Cl].Cc1cc(C)c(N2[CH-]CCC2)c(C)c1. The van der Waals surface area contributed by atoms with Gasteiger partial charge in [0.15, 0.2) is 0 Å². The average Bonchev–Trinajstić information content (AvgIpc) is 3.09. The summed E-state index contributed by atoms with van der Waals surface area (Å²) in [5.41, 5.74) is 6.64. The van der Waals surface area contributed by atoms with Gasteiger partial charge in [0.2, 0.25) is 0 Å². The second-order valence-electron chi connectivity index (χ2n) is 7.35. The van der Waals surface area contributed by atoms with Gasteiger partial charge < -0.3 is 4.90 Å². The molecule has 2 nitrogen and oxygen atoms in total. The van der Waals surface area contributed by atoms with E-state index >= 15 is 0 Å². The fourth-order valence-electron chi connectivity index (χ4n) is 3.48. The molecule has 0 bridgehead atoms. The van der Waals surface area contributed by atoms with Crippen LogP contribution in [-0.4, -0.2) is 22.0 Å². The van der Waals surface area contributed by atoms with E-state index in [9.17, 15) is 0 Å². The molecule has 0 unspecified atom stereocenters. The number of hydrogen-bond donors (Lipinski definition) is 0. The monoisotopic (exact) mass is 509 g/mol. The molecule has 2 aromatic rings. The van der Waals surface area contributed by atoms with Crippen molar-refractivity contribution < 1.29 is 18.3 Å². The molecule has 3 rings (SSSR count). The molecule has 0 atom stereocenters. The molecule has 156 valence electrons. The van der Waals surface area contributed by atoms with Crippen LogP contribution in [0.1, 0.15) is 48.9 Å². The predicted molar refractivity (Wildman–Crippen MR) is 122 cm³/mol. The Hall–Kier alpha value is -0.887. The Morgan fingerprint density at radius 2 is 1.75 bits per heavy atom. The maximum absolute atomic E-state index is 5.83. The summed E-state index contributed by atoms with van der Waals surface area (Å²) in [4.78, 5) is 2.41. The van der Waals surface area contributed by atoms with Crippen LogP contribution in [0.5, 0.6) is 5.75 Å². The number of para-hydroxylation sites is 1. The Kier molecular flexibility index (Phi) is 9.47. The topological polar surface area (TPSA) is 16.0 Å². The number of halogens is 2. The van der Waals surface area contributed by atoms with Crippen LogP contribution in [0.4, 0.5) is 5.69 Å². The zero-order chi connectivity index (χ0) is 20.7. The number of aryl methyl sites for hydroxylation is 3. The molecule has 1 saturated heterocycles. The standard InChI is InChI=1S/C13H18N.C10H12O.2ClH.Ru/c1-10-8-11(2)13(12(3)9-10)14-6-4-5-7-14;1-8(2)11-10-7-5-4-6-9(10)3;;;/h6,8-9H,4-5,7H2,1-3H3;3-8H,1-2H3;2*1H;/q-1;;;;+2/p-1. The zero-order valence-corrected chi connectivity index (χ0v) is 20.6. The van der Waals surface area contributed by atoms with Crippen molar-refractivity contribution in [2.24, 2.45) is 0 Å². The van der Waals surface area contributed by atoms with Gasteiger partial charge in [-0.2, -0.15) is 6.42 Å². The summed E-state index contributed by atoms with van der Waals surface area (Å²) in [7, 11) is 11.7. The Morgan fingerprint density at radius 1 is 1.11 bits per heavy atom. The molecule has 1 aliphatic heterocycles. The van der Waals surface area contributed by atoms with Crippen LogP contribution in [0.2, 0.25) is 0 Å². The summed E-state index contributed by atoms with van der Waals surface area (Å²) in [6.07, 6.45) is 2.82. The summed E-state index contributed by atoms with van der Waals surface area (Å²) in [6, 6.07) is 12.5. The third kappa shape index (κ3) is 7.17. The number of nitrogens with zero attached hydrogens (tertiary/aromatic N) is 1. The maximum atomic E-state index is 5.83. The van der Waals surface area contributed by atoms with Gasteiger partial charge in [-0.15, -0.1) is 0 Å². The normalized spacial score (nSPS) is 13.9. The molecular formula is C23H31Cl2NORu. The Bertz CT molecular complexity index is 787. The van der Waals surface area contributed by atoms with E-state index in [0.29, 0.717) is 0 Å². The predicted octanol–water partition coefficient (Wildman–Crippen LogP) is 6.79. The molecule has 1 heterocycles. The molecule has 0 amide bonds. The number of aromatic hydroxyl groups is 1. The first-order valence-corrected chi connectivity index (χ1v) is 15.1. The third-order valence-corrected chi connectivity index (χ3v) is 6.23. The molecule has 0 aromatic heterocycles.